The van der Waals surface area contributed by atoms with Crippen LogP contribution in [0.5, 0.6) is 0 Å². The summed E-state index contributed by atoms with van der Waals surface area (Å²) < 4.78 is 9.74. The minimum atomic E-state index is -0.948. The molecule has 0 heterocycles. The number of nitrogens with one attached hydrogen (secondary N) is 2. The maximum absolute atomic E-state index is 11.8. The van der Waals surface area contributed by atoms with Gasteiger partial charge in [-0.3, -0.25) is 14.9 Å². The van der Waals surface area contributed by atoms with Gasteiger partial charge in [-0.2, -0.15) is 0 Å². The number of ether oxygens (including phenoxy) is 2. The molecule has 0 radical (unpaired) electrons. The number of methoxy groups -OCH3 is 1. The Bertz CT molecular complexity index is 513. The molecule has 0 aliphatic heterocycles. The number of hydrogen-bond acceptors (Lipinski definition) is 7. The highest BCUT2D eigenvalue weighted by Gasteiger charge is 2.25. The molecule has 9 nitrogen and oxygen atoms in total. The van der Waals surface area contributed by atoms with Crippen molar-refractivity contribution in [2.75, 3.05) is 7.11 Å². The van der Waals surface area contributed by atoms with E-state index in [1.807, 2.05) is 0 Å². The van der Waals surface area contributed by atoms with Gasteiger partial charge in [0.05, 0.1) is 13.2 Å². The molecule has 3 amide bonds. The smallest absolute Gasteiger partial charge is 0.408 e. The predicted molar refractivity (Wildman–Crippen MR) is 95.0 cm³/mol. The van der Waals surface area contributed by atoms with Crippen LogP contribution in [0.2, 0.25) is 0 Å². The second-order valence-corrected chi connectivity index (χ2v) is 7.30. The van der Waals surface area contributed by atoms with Crippen LogP contribution in [0, 0.1) is 5.92 Å². The Kier molecular flexibility index (Phi) is 9.85. The van der Waals surface area contributed by atoms with Gasteiger partial charge in [0.25, 0.3) is 0 Å². The Morgan fingerprint density at radius 1 is 1.12 bits per heavy atom. The van der Waals surface area contributed by atoms with Gasteiger partial charge in [-0.05, 0) is 39.5 Å². The normalized spacial score (nSPS) is 13.5. The topological polar surface area (TPSA) is 137 Å². The van der Waals surface area contributed by atoms with E-state index in [0.29, 0.717) is 0 Å². The van der Waals surface area contributed by atoms with Crippen LogP contribution in [0.25, 0.3) is 0 Å². The Hall–Kier alpha value is -2.16. The lowest BCUT2D eigenvalue weighted by atomic mass is 10.0. The quantitative estimate of drug-likeness (QED) is 0.536. The zero-order chi connectivity index (χ0) is 20.5. The number of amides is 3. The second-order valence-electron chi connectivity index (χ2n) is 7.30. The first-order chi connectivity index (χ1) is 11.9. The molecule has 0 aromatic carbocycles. The lowest BCUT2D eigenvalue weighted by Gasteiger charge is -2.22. The molecule has 2 atom stereocenters. The number of alkyl carbamates (subject to hydrolysis) is 1. The second kappa shape index (κ2) is 10.7. The van der Waals surface area contributed by atoms with Crippen LogP contribution in [-0.4, -0.2) is 48.7 Å². The number of carbonyl (C=O) groups is 4. The van der Waals surface area contributed by atoms with E-state index in [1.165, 1.54) is 7.11 Å². The van der Waals surface area contributed by atoms with E-state index in [4.69, 9.17) is 10.5 Å². The molecule has 26 heavy (non-hydrogen) atoms. The minimum absolute atomic E-state index is 0.0000476. The van der Waals surface area contributed by atoms with Crippen molar-refractivity contribution < 1.29 is 28.7 Å². The summed E-state index contributed by atoms with van der Waals surface area (Å²) in [5.74, 6) is -1.77. The minimum Gasteiger partial charge on any atom is -0.467 e. The van der Waals surface area contributed by atoms with Gasteiger partial charge in [-0.25, -0.2) is 9.59 Å². The van der Waals surface area contributed by atoms with Crippen molar-refractivity contribution in [3.05, 3.63) is 0 Å². The molecular weight excluding hydrogens is 342 g/mol. The highest BCUT2D eigenvalue weighted by atomic mass is 16.6. The van der Waals surface area contributed by atoms with Crippen molar-refractivity contribution in [1.29, 1.82) is 0 Å². The monoisotopic (exact) mass is 373 g/mol. The number of nitrogens with two attached hydrogens (primary N) is 1. The molecule has 0 aromatic rings. The first kappa shape index (κ1) is 23.8. The van der Waals surface area contributed by atoms with Crippen molar-refractivity contribution in [3.8, 4) is 0 Å². The first-order valence-electron chi connectivity index (χ1n) is 8.54. The summed E-state index contributed by atoms with van der Waals surface area (Å²) >= 11 is 0. The summed E-state index contributed by atoms with van der Waals surface area (Å²) in [6, 6.07) is -1.72. The fraction of sp³-hybridized carbons (Fsp3) is 0.765. The fourth-order valence-electron chi connectivity index (χ4n) is 1.89. The summed E-state index contributed by atoms with van der Waals surface area (Å²) in [4.78, 5) is 47.1. The third-order valence-corrected chi connectivity index (χ3v) is 3.36. The Morgan fingerprint density at radius 2 is 1.69 bits per heavy atom. The average Bonchev–Trinajstić information content (AvgIpc) is 2.50. The molecule has 9 heteroatoms. The van der Waals surface area contributed by atoms with Crippen molar-refractivity contribution in [3.63, 3.8) is 0 Å². The van der Waals surface area contributed by atoms with Crippen LogP contribution < -0.4 is 16.4 Å². The molecule has 0 spiro atoms. The maximum Gasteiger partial charge on any atom is 0.408 e. The number of rotatable bonds is 8. The third kappa shape index (κ3) is 9.97. The highest BCUT2D eigenvalue weighted by molar-refractivity contribution is 5.97. The van der Waals surface area contributed by atoms with Crippen LogP contribution in [0.4, 0.5) is 4.79 Å². The Balaban J connectivity index is 4.50. The molecule has 0 rings (SSSR count). The van der Waals surface area contributed by atoms with Crippen LogP contribution >= 0.6 is 0 Å². The number of imide groups is 1. The molecule has 0 aromatic heterocycles. The van der Waals surface area contributed by atoms with Crippen molar-refractivity contribution in [1.82, 2.24) is 10.6 Å². The number of carbonyl (C=O) groups excluding carboxylic acids is 4. The van der Waals surface area contributed by atoms with Crippen molar-refractivity contribution >= 4 is 23.9 Å². The van der Waals surface area contributed by atoms with E-state index in [-0.39, 0.29) is 25.2 Å². The predicted octanol–water partition coefficient (Wildman–Crippen LogP) is 0.849. The van der Waals surface area contributed by atoms with Gasteiger partial charge in [0, 0.05) is 6.42 Å². The molecule has 0 aliphatic rings. The average molecular weight is 373 g/mol. The zero-order valence-corrected chi connectivity index (χ0v) is 16.4. The lowest BCUT2D eigenvalue weighted by molar-refractivity contribution is -0.143. The van der Waals surface area contributed by atoms with E-state index in [2.05, 4.69) is 15.4 Å². The maximum atomic E-state index is 11.8. The van der Waals surface area contributed by atoms with Gasteiger partial charge in [0.2, 0.25) is 11.8 Å². The van der Waals surface area contributed by atoms with Gasteiger partial charge in [-0.1, -0.05) is 13.8 Å². The molecule has 0 bridgehead atoms. The molecule has 0 fully saturated rings. The standard InChI is InChI=1S/C17H31N3O6/c1-10(2)13(18)14(22)20-12(21)9-7-8-11(15(23)25-6)19-16(24)26-17(3,4)5/h10-11,13H,7-9,18H2,1-6H3,(H,19,24)(H,20,21,22)/t11?,13-/m0/s1. The molecule has 0 saturated carbocycles. The summed E-state index contributed by atoms with van der Waals surface area (Å²) in [5.41, 5.74) is 4.95. The van der Waals surface area contributed by atoms with Gasteiger partial charge >= 0.3 is 12.1 Å². The molecule has 1 unspecified atom stereocenters. The largest absolute Gasteiger partial charge is 0.467 e. The van der Waals surface area contributed by atoms with Crippen molar-refractivity contribution in [2.45, 2.75) is 71.6 Å². The Labute approximate surface area is 154 Å². The van der Waals surface area contributed by atoms with Gasteiger partial charge in [0.1, 0.15) is 11.6 Å². The van der Waals surface area contributed by atoms with Crippen molar-refractivity contribution in [2.24, 2.45) is 11.7 Å². The molecule has 0 saturated heterocycles. The fourth-order valence-corrected chi connectivity index (χ4v) is 1.89. The number of hydrogen-bond donors (Lipinski definition) is 3. The number of esters is 1. The zero-order valence-electron chi connectivity index (χ0n) is 16.4. The Morgan fingerprint density at radius 3 is 2.15 bits per heavy atom. The van der Waals surface area contributed by atoms with E-state index < -0.39 is 41.6 Å². The van der Waals surface area contributed by atoms with E-state index >= 15 is 0 Å². The summed E-state index contributed by atoms with van der Waals surface area (Å²) in [6.45, 7) is 8.64. The lowest BCUT2D eigenvalue weighted by Crippen LogP contribution is -2.46. The van der Waals surface area contributed by atoms with Gasteiger partial charge in [-0.15, -0.1) is 0 Å². The summed E-state index contributed by atoms with van der Waals surface area (Å²) in [7, 11) is 1.20. The van der Waals surface area contributed by atoms with Crippen LogP contribution in [-0.2, 0) is 23.9 Å². The summed E-state index contributed by atoms with van der Waals surface area (Å²) in [6.07, 6.45) is -0.342. The van der Waals surface area contributed by atoms with Gasteiger partial charge < -0.3 is 20.5 Å². The molecule has 4 N–H and O–H groups in total. The third-order valence-electron chi connectivity index (χ3n) is 3.36. The molecule has 0 aliphatic carbocycles. The van der Waals surface area contributed by atoms with Crippen LogP contribution in [0.1, 0.15) is 53.9 Å². The van der Waals surface area contributed by atoms with E-state index in [9.17, 15) is 19.2 Å². The highest BCUT2D eigenvalue weighted by Crippen LogP contribution is 2.09. The first-order valence-corrected chi connectivity index (χ1v) is 8.54. The molecule has 150 valence electrons. The van der Waals surface area contributed by atoms with Crippen LogP contribution in [0.3, 0.4) is 0 Å². The van der Waals surface area contributed by atoms with E-state index in [1.54, 1.807) is 34.6 Å². The van der Waals surface area contributed by atoms with E-state index in [0.717, 1.165) is 0 Å². The van der Waals surface area contributed by atoms with Gasteiger partial charge in [0.15, 0.2) is 0 Å². The SMILES string of the molecule is COC(=O)C(CCCC(=O)NC(=O)[C@@H](N)C(C)C)NC(=O)OC(C)(C)C. The molecular formula is C17H31N3O6. The van der Waals surface area contributed by atoms with Crippen LogP contribution in [0.15, 0.2) is 0 Å². The summed E-state index contributed by atoms with van der Waals surface area (Å²) in [5, 5.41) is 4.64.